The summed E-state index contributed by atoms with van der Waals surface area (Å²) in [5.41, 5.74) is 0. The third-order valence-corrected chi connectivity index (χ3v) is 5.47. The minimum Gasteiger partial charge on any atom is -0.354 e. The fraction of sp³-hybridized carbons (Fsp3) is 1.00. The Balaban J connectivity index is 2.42. The predicted molar refractivity (Wildman–Crippen MR) is 74.5 cm³/mol. The molecule has 0 aliphatic carbocycles. The number of sulfonamides is 1. The van der Waals surface area contributed by atoms with Crippen molar-refractivity contribution in [3.8, 4) is 0 Å². The molecule has 0 saturated carbocycles. The highest BCUT2D eigenvalue weighted by atomic mass is 32.2. The molecule has 1 aliphatic heterocycles. The van der Waals surface area contributed by atoms with Gasteiger partial charge in [-0.2, -0.15) is 0 Å². The first-order valence-corrected chi connectivity index (χ1v) is 8.35. The largest absolute Gasteiger partial charge is 0.354 e. The second-order valence-corrected chi connectivity index (χ2v) is 7.13. The first-order valence-electron chi connectivity index (χ1n) is 6.74. The molecule has 1 atom stereocenters. The number of piperidine rings is 1. The first kappa shape index (κ1) is 16.8. The van der Waals surface area contributed by atoms with E-state index < -0.39 is 10.0 Å². The van der Waals surface area contributed by atoms with Gasteiger partial charge in [-0.15, -0.1) is 0 Å². The Morgan fingerprint density at radius 1 is 1.26 bits per heavy atom. The molecule has 0 spiro atoms. The maximum atomic E-state index is 11.7. The molecule has 0 aromatic carbocycles. The lowest BCUT2D eigenvalue weighted by Crippen LogP contribution is -2.50. The van der Waals surface area contributed by atoms with E-state index in [1.165, 1.54) is 0 Å². The van der Waals surface area contributed by atoms with Crippen LogP contribution >= 0.6 is 0 Å². The standard InChI is InChI=1S/C12H26N2O4S/c1-5-19(15,16)14-8-6-11(7-9-14)13-10(2)12(17-3)18-4/h10-13H,5-9H2,1-4H3. The molecule has 114 valence electrons. The van der Waals surface area contributed by atoms with Crippen LogP contribution in [-0.4, -0.2) is 64.2 Å². The third kappa shape index (κ3) is 4.68. The molecular weight excluding hydrogens is 268 g/mol. The molecule has 1 saturated heterocycles. The highest BCUT2D eigenvalue weighted by molar-refractivity contribution is 7.89. The van der Waals surface area contributed by atoms with Crippen molar-refractivity contribution in [2.24, 2.45) is 0 Å². The number of ether oxygens (including phenoxy) is 2. The van der Waals surface area contributed by atoms with Crippen LogP contribution in [0.1, 0.15) is 26.7 Å². The van der Waals surface area contributed by atoms with Crippen LogP contribution in [0.15, 0.2) is 0 Å². The lowest BCUT2D eigenvalue weighted by Gasteiger charge is -2.34. The molecule has 0 radical (unpaired) electrons. The lowest BCUT2D eigenvalue weighted by molar-refractivity contribution is -0.121. The highest BCUT2D eigenvalue weighted by Gasteiger charge is 2.28. The van der Waals surface area contributed by atoms with Crippen LogP contribution in [0.3, 0.4) is 0 Å². The Kier molecular flexibility index (Phi) is 6.68. The van der Waals surface area contributed by atoms with Gasteiger partial charge in [0.1, 0.15) is 0 Å². The van der Waals surface area contributed by atoms with Gasteiger partial charge >= 0.3 is 0 Å². The van der Waals surface area contributed by atoms with E-state index in [9.17, 15) is 8.42 Å². The minimum absolute atomic E-state index is 0.0781. The van der Waals surface area contributed by atoms with Gasteiger partial charge in [0.2, 0.25) is 10.0 Å². The summed E-state index contributed by atoms with van der Waals surface area (Å²) in [4.78, 5) is 0. The van der Waals surface area contributed by atoms with Gasteiger partial charge in [0, 0.05) is 33.4 Å². The second-order valence-electron chi connectivity index (χ2n) is 4.87. The SMILES string of the molecule is CCS(=O)(=O)N1CCC(NC(C)C(OC)OC)CC1. The number of nitrogens with one attached hydrogen (secondary N) is 1. The quantitative estimate of drug-likeness (QED) is 0.688. The molecule has 1 rings (SSSR count). The lowest BCUT2D eigenvalue weighted by atomic mass is 10.1. The molecule has 1 heterocycles. The number of rotatable bonds is 7. The van der Waals surface area contributed by atoms with Crippen LogP contribution in [0.2, 0.25) is 0 Å². The molecule has 0 amide bonds. The van der Waals surface area contributed by atoms with Gasteiger partial charge in [0.05, 0.1) is 11.8 Å². The van der Waals surface area contributed by atoms with Crippen LogP contribution < -0.4 is 5.32 Å². The number of hydrogen-bond donors (Lipinski definition) is 1. The Morgan fingerprint density at radius 3 is 2.21 bits per heavy atom. The first-order chi connectivity index (χ1) is 8.94. The maximum Gasteiger partial charge on any atom is 0.213 e. The van der Waals surface area contributed by atoms with Crippen LogP contribution in [0.25, 0.3) is 0 Å². The van der Waals surface area contributed by atoms with Gasteiger partial charge in [-0.1, -0.05) is 0 Å². The average molecular weight is 294 g/mol. The molecule has 1 aliphatic rings. The fourth-order valence-corrected chi connectivity index (χ4v) is 3.57. The normalized spacial score (nSPS) is 20.9. The van der Waals surface area contributed by atoms with Crippen molar-refractivity contribution in [2.75, 3.05) is 33.1 Å². The Labute approximate surface area is 116 Å². The molecule has 6 nitrogen and oxygen atoms in total. The van der Waals surface area contributed by atoms with E-state index in [-0.39, 0.29) is 18.1 Å². The van der Waals surface area contributed by atoms with E-state index in [1.807, 2.05) is 6.92 Å². The van der Waals surface area contributed by atoms with Gasteiger partial charge in [0.25, 0.3) is 0 Å². The zero-order valence-electron chi connectivity index (χ0n) is 12.3. The van der Waals surface area contributed by atoms with Crippen LogP contribution in [0.5, 0.6) is 0 Å². The molecule has 0 aromatic rings. The van der Waals surface area contributed by atoms with Gasteiger partial charge < -0.3 is 14.8 Å². The highest BCUT2D eigenvalue weighted by Crippen LogP contribution is 2.15. The van der Waals surface area contributed by atoms with Crippen molar-refractivity contribution in [1.29, 1.82) is 0 Å². The van der Waals surface area contributed by atoms with Crippen LogP contribution in [0, 0.1) is 0 Å². The van der Waals surface area contributed by atoms with E-state index >= 15 is 0 Å². The predicted octanol–water partition coefficient (Wildman–Crippen LogP) is 0.398. The van der Waals surface area contributed by atoms with E-state index in [2.05, 4.69) is 5.32 Å². The summed E-state index contributed by atoms with van der Waals surface area (Å²) in [7, 11) is 0.185. The van der Waals surface area contributed by atoms with Crippen molar-refractivity contribution in [1.82, 2.24) is 9.62 Å². The average Bonchev–Trinajstić information content (AvgIpc) is 2.40. The summed E-state index contributed by atoms with van der Waals surface area (Å²) in [5.74, 6) is 0.178. The summed E-state index contributed by atoms with van der Waals surface area (Å²) < 4.78 is 35.5. The van der Waals surface area contributed by atoms with Gasteiger partial charge in [-0.05, 0) is 26.7 Å². The molecule has 0 bridgehead atoms. The summed E-state index contributed by atoms with van der Waals surface area (Å²) in [6.45, 7) is 4.87. The van der Waals surface area contributed by atoms with E-state index in [4.69, 9.17) is 9.47 Å². The zero-order valence-corrected chi connectivity index (χ0v) is 13.1. The summed E-state index contributed by atoms with van der Waals surface area (Å²) in [6, 6.07) is 0.389. The molecule has 1 unspecified atom stereocenters. The minimum atomic E-state index is -3.04. The molecule has 1 N–H and O–H groups in total. The van der Waals surface area contributed by atoms with Crippen molar-refractivity contribution in [3.05, 3.63) is 0 Å². The van der Waals surface area contributed by atoms with Crippen molar-refractivity contribution in [3.63, 3.8) is 0 Å². The smallest absolute Gasteiger partial charge is 0.213 e. The fourth-order valence-electron chi connectivity index (χ4n) is 2.44. The Bertz CT molecular complexity index is 349. The molecule has 0 aromatic heterocycles. The van der Waals surface area contributed by atoms with E-state index in [1.54, 1.807) is 25.4 Å². The third-order valence-electron chi connectivity index (χ3n) is 3.58. The maximum absolute atomic E-state index is 11.7. The summed E-state index contributed by atoms with van der Waals surface area (Å²) in [5, 5.41) is 3.44. The van der Waals surface area contributed by atoms with Gasteiger partial charge in [-0.3, -0.25) is 0 Å². The van der Waals surface area contributed by atoms with Crippen LogP contribution in [0.4, 0.5) is 0 Å². The van der Waals surface area contributed by atoms with Crippen molar-refractivity contribution in [2.45, 2.75) is 45.1 Å². The van der Waals surface area contributed by atoms with E-state index in [0.29, 0.717) is 19.1 Å². The van der Waals surface area contributed by atoms with Crippen LogP contribution in [-0.2, 0) is 19.5 Å². The summed E-state index contributed by atoms with van der Waals surface area (Å²) in [6.07, 6.45) is 1.37. The Morgan fingerprint density at radius 2 is 1.79 bits per heavy atom. The molecule has 19 heavy (non-hydrogen) atoms. The number of methoxy groups -OCH3 is 2. The van der Waals surface area contributed by atoms with E-state index in [0.717, 1.165) is 12.8 Å². The van der Waals surface area contributed by atoms with Gasteiger partial charge in [0.15, 0.2) is 6.29 Å². The Hall–Kier alpha value is -0.210. The zero-order chi connectivity index (χ0) is 14.5. The van der Waals surface area contributed by atoms with Crippen molar-refractivity contribution < 1.29 is 17.9 Å². The molecule has 7 heteroatoms. The molecule has 1 fully saturated rings. The monoisotopic (exact) mass is 294 g/mol. The molecular formula is C12H26N2O4S. The van der Waals surface area contributed by atoms with Crippen molar-refractivity contribution >= 4 is 10.0 Å². The van der Waals surface area contributed by atoms with Gasteiger partial charge in [-0.25, -0.2) is 12.7 Å². The number of hydrogen-bond acceptors (Lipinski definition) is 5. The summed E-state index contributed by atoms with van der Waals surface area (Å²) >= 11 is 0. The second kappa shape index (κ2) is 7.54. The topological polar surface area (TPSA) is 67.9 Å². The number of nitrogens with zero attached hydrogens (tertiary/aromatic N) is 1.